The predicted octanol–water partition coefficient (Wildman–Crippen LogP) is 2.64. The third-order valence-corrected chi connectivity index (χ3v) is 6.18. The Labute approximate surface area is 174 Å². The van der Waals surface area contributed by atoms with E-state index in [1.165, 1.54) is 0 Å². The minimum atomic E-state index is -0.394. The standard InChI is InChI=1S/C21H24N4O3S/c1-28-17-6-4-16(5-7-17)25-14-15(13-19(25)26)21(27)23-18-3-2-8-22-20(18)24-9-11-29-12-10-24/h2-8,15H,9-14H2,1H3,(H,23,27)/t15-/m0/s1. The number of amides is 2. The van der Waals surface area contributed by atoms with E-state index in [0.717, 1.165) is 41.8 Å². The Morgan fingerprint density at radius 2 is 1.97 bits per heavy atom. The van der Waals surface area contributed by atoms with Gasteiger partial charge in [0.1, 0.15) is 5.75 Å². The maximum atomic E-state index is 12.9. The van der Waals surface area contributed by atoms with E-state index in [1.807, 2.05) is 48.2 Å². The lowest BCUT2D eigenvalue weighted by atomic mass is 10.1. The Kier molecular flexibility index (Phi) is 5.89. The van der Waals surface area contributed by atoms with Crippen LogP contribution < -0.4 is 19.9 Å². The maximum absolute atomic E-state index is 12.9. The minimum Gasteiger partial charge on any atom is -0.497 e. The van der Waals surface area contributed by atoms with Crippen molar-refractivity contribution in [3.05, 3.63) is 42.6 Å². The molecule has 2 aliphatic rings. The molecule has 0 bridgehead atoms. The fraction of sp³-hybridized carbons (Fsp3) is 0.381. The van der Waals surface area contributed by atoms with Gasteiger partial charge in [0, 0.05) is 49.4 Å². The second-order valence-corrected chi connectivity index (χ2v) is 8.29. The summed E-state index contributed by atoms with van der Waals surface area (Å²) in [5, 5.41) is 3.01. The molecule has 0 aliphatic carbocycles. The average Bonchev–Trinajstić information content (AvgIpc) is 3.16. The number of carbonyl (C=O) groups excluding carboxylic acids is 2. The second kappa shape index (κ2) is 8.73. The number of aromatic nitrogens is 1. The monoisotopic (exact) mass is 412 g/mol. The van der Waals surface area contributed by atoms with Gasteiger partial charge in [-0.25, -0.2) is 4.98 Å². The number of hydrogen-bond donors (Lipinski definition) is 1. The fourth-order valence-corrected chi connectivity index (χ4v) is 4.55. The second-order valence-electron chi connectivity index (χ2n) is 7.07. The van der Waals surface area contributed by atoms with Gasteiger partial charge in [-0.1, -0.05) is 0 Å². The summed E-state index contributed by atoms with van der Waals surface area (Å²) in [6, 6.07) is 11.0. The first-order chi connectivity index (χ1) is 14.2. The van der Waals surface area contributed by atoms with Crippen molar-refractivity contribution >= 4 is 40.8 Å². The van der Waals surface area contributed by atoms with E-state index < -0.39 is 5.92 Å². The Morgan fingerprint density at radius 3 is 2.69 bits per heavy atom. The van der Waals surface area contributed by atoms with Crippen molar-refractivity contribution in [1.82, 2.24) is 4.98 Å². The van der Waals surface area contributed by atoms with Gasteiger partial charge in [-0.05, 0) is 36.4 Å². The van der Waals surface area contributed by atoms with Crippen LogP contribution in [-0.2, 0) is 9.59 Å². The number of rotatable bonds is 5. The number of nitrogens with one attached hydrogen (secondary N) is 1. The van der Waals surface area contributed by atoms with Crippen LogP contribution in [0.25, 0.3) is 0 Å². The van der Waals surface area contributed by atoms with E-state index in [0.29, 0.717) is 12.2 Å². The van der Waals surface area contributed by atoms with Crippen LogP contribution in [0, 0.1) is 5.92 Å². The van der Waals surface area contributed by atoms with Crippen molar-refractivity contribution in [1.29, 1.82) is 0 Å². The summed E-state index contributed by atoms with van der Waals surface area (Å²) < 4.78 is 5.17. The molecule has 2 aromatic rings. The summed E-state index contributed by atoms with van der Waals surface area (Å²) in [6.45, 7) is 2.20. The van der Waals surface area contributed by atoms with Gasteiger partial charge in [-0.2, -0.15) is 11.8 Å². The highest BCUT2D eigenvalue weighted by molar-refractivity contribution is 7.99. The zero-order valence-corrected chi connectivity index (χ0v) is 17.2. The van der Waals surface area contributed by atoms with Crippen LogP contribution in [0.3, 0.4) is 0 Å². The van der Waals surface area contributed by atoms with Crippen molar-refractivity contribution in [3.63, 3.8) is 0 Å². The molecule has 8 heteroatoms. The van der Waals surface area contributed by atoms with Gasteiger partial charge in [0.2, 0.25) is 11.8 Å². The van der Waals surface area contributed by atoms with Crippen molar-refractivity contribution < 1.29 is 14.3 Å². The average molecular weight is 413 g/mol. The quantitative estimate of drug-likeness (QED) is 0.814. The summed E-state index contributed by atoms with van der Waals surface area (Å²) in [5.74, 6) is 3.06. The number of methoxy groups -OCH3 is 1. The first-order valence-electron chi connectivity index (χ1n) is 9.68. The molecule has 1 atom stereocenters. The van der Waals surface area contributed by atoms with Crippen molar-refractivity contribution in [2.45, 2.75) is 6.42 Å². The zero-order valence-electron chi connectivity index (χ0n) is 16.3. The van der Waals surface area contributed by atoms with Crippen LogP contribution in [-0.4, -0.2) is 55.0 Å². The maximum Gasteiger partial charge on any atom is 0.229 e. The number of carbonyl (C=O) groups is 2. The first-order valence-corrected chi connectivity index (χ1v) is 10.8. The number of nitrogens with zero attached hydrogens (tertiary/aromatic N) is 3. The van der Waals surface area contributed by atoms with E-state index in [4.69, 9.17) is 4.74 Å². The van der Waals surface area contributed by atoms with Gasteiger partial charge in [0.25, 0.3) is 0 Å². The topological polar surface area (TPSA) is 74.8 Å². The summed E-state index contributed by atoms with van der Waals surface area (Å²) in [5.41, 5.74) is 1.48. The molecule has 0 spiro atoms. The number of benzene rings is 1. The molecule has 2 saturated heterocycles. The Hall–Kier alpha value is -2.74. The first kappa shape index (κ1) is 19.6. The minimum absolute atomic E-state index is 0.0465. The van der Waals surface area contributed by atoms with E-state index in [-0.39, 0.29) is 18.2 Å². The molecule has 4 rings (SSSR count). The molecule has 0 saturated carbocycles. The summed E-state index contributed by atoms with van der Waals surface area (Å²) in [7, 11) is 1.60. The van der Waals surface area contributed by atoms with E-state index >= 15 is 0 Å². The molecule has 2 aliphatic heterocycles. The normalized spacial score (nSPS) is 19.3. The van der Waals surface area contributed by atoms with Crippen molar-refractivity contribution in [3.8, 4) is 5.75 Å². The van der Waals surface area contributed by atoms with Crippen molar-refractivity contribution in [2.75, 3.05) is 53.4 Å². The Morgan fingerprint density at radius 1 is 1.21 bits per heavy atom. The Bertz CT molecular complexity index is 884. The molecular weight excluding hydrogens is 388 g/mol. The molecule has 152 valence electrons. The molecule has 2 amide bonds. The number of pyridine rings is 1. The largest absolute Gasteiger partial charge is 0.497 e. The van der Waals surface area contributed by atoms with Gasteiger partial charge in [-0.15, -0.1) is 0 Å². The van der Waals surface area contributed by atoms with Crippen LogP contribution >= 0.6 is 11.8 Å². The molecule has 1 N–H and O–H groups in total. The van der Waals surface area contributed by atoms with Crippen LogP contribution in [0.5, 0.6) is 5.75 Å². The SMILES string of the molecule is COc1ccc(N2C[C@@H](C(=O)Nc3cccnc3N3CCSCC3)CC2=O)cc1. The molecule has 2 fully saturated rings. The van der Waals surface area contributed by atoms with E-state index in [9.17, 15) is 9.59 Å². The highest BCUT2D eigenvalue weighted by Crippen LogP contribution is 2.29. The fourth-order valence-electron chi connectivity index (χ4n) is 3.65. The van der Waals surface area contributed by atoms with Crippen LogP contribution in [0.4, 0.5) is 17.2 Å². The molecule has 3 heterocycles. The van der Waals surface area contributed by atoms with Gasteiger partial charge in [0.05, 0.1) is 18.7 Å². The van der Waals surface area contributed by atoms with Gasteiger partial charge in [0.15, 0.2) is 5.82 Å². The van der Waals surface area contributed by atoms with E-state index in [1.54, 1.807) is 18.2 Å². The molecule has 0 unspecified atom stereocenters. The highest BCUT2D eigenvalue weighted by Gasteiger charge is 2.35. The van der Waals surface area contributed by atoms with Crippen LogP contribution in [0.1, 0.15) is 6.42 Å². The molecule has 1 aromatic carbocycles. The molecule has 1 aromatic heterocycles. The number of anilines is 3. The van der Waals surface area contributed by atoms with Gasteiger partial charge < -0.3 is 19.9 Å². The van der Waals surface area contributed by atoms with Crippen LogP contribution in [0.2, 0.25) is 0 Å². The predicted molar refractivity (Wildman–Crippen MR) is 116 cm³/mol. The lowest BCUT2D eigenvalue weighted by molar-refractivity contribution is -0.122. The molecule has 0 radical (unpaired) electrons. The lowest BCUT2D eigenvalue weighted by Crippen LogP contribution is -2.34. The molecular formula is C21H24N4O3S. The zero-order chi connectivity index (χ0) is 20.2. The lowest BCUT2D eigenvalue weighted by Gasteiger charge is -2.29. The van der Waals surface area contributed by atoms with Gasteiger partial charge >= 0.3 is 0 Å². The van der Waals surface area contributed by atoms with E-state index in [2.05, 4.69) is 15.2 Å². The van der Waals surface area contributed by atoms with Gasteiger partial charge in [-0.3, -0.25) is 9.59 Å². The summed E-state index contributed by atoms with van der Waals surface area (Å²) in [6.07, 6.45) is 1.95. The number of thioether (sulfide) groups is 1. The third kappa shape index (κ3) is 4.32. The Balaban J connectivity index is 1.45. The summed E-state index contributed by atoms with van der Waals surface area (Å²) in [4.78, 5) is 33.8. The van der Waals surface area contributed by atoms with Crippen LogP contribution in [0.15, 0.2) is 42.6 Å². The molecule has 7 nitrogen and oxygen atoms in total. The molecule has 29 heavy (non-hydrogen) atoms. The smallest absolute Gasteiger partial charge is 0.229 e. The van der Waals surface area contributed by atoms with Crippen molar-refractivity contribution in [2.24, 2.45) is 5.92 Å². The number of ether oxygens (including phenoxy) is 1. The third-order valence-electron chi connectivity index (χ3n) is 5.24. The number of hydrogen-bond acceptors (Lipinski definition) is 6. The highest BCUT2D eigenvalue weighted by atomic mass is 32.2. The summed E-state index contributed by atoms with van der Waals surface area (Å²) >= 11 is 1.93.